The summed E-state index contributed by atoms with van der Waals surface area (Å²) in [6.45, 7) is 6.16. The molecular weight excluding hydrogens is 386 g/mol. The molecule has 1 aromatic carbocycles. The minimum Gasteiger partial charge on any atom is -0.496 e. The number of methoxy groups -OCH3 is 1. The minimum absolute atomic E-state index is 0.169. The molecule has 0 radical (unpaired) electrons. The summed E-state index contributed by atoms with van der Waals surface area (Å²) in [5, 5.41) is 3.26. The Morgan fingerprint density at radius 3 is 2.65 bits per heavy atom. The second kappa shape index (κ2) is 13.4. The van der Waals surface area contributed by atoms with Crippen LogP contribution in [0.1, 0.15) is 80.9 Å². The molecule has 0 saturated heterocycles. The van der Waals surface area contributed by atoms with Gasteiger partial charge >= 0.3 is 0 Å². The maximum absolute atomic E-state index is 5.75. The molecule has 0 aliphatic heterocycles. The molecule has 1 aliphatic carbocycles. The molecule has 5 N–H and O–H groups in total. The summed E-state index contributed by atoms with van der Waals surface area (Å²) >= 11 is 0. The fourth-order valence-corrected chi connectivity index (χ4v) is 4.68. The lowest BCUT2D eigenvalue weighted by atomic mass is 9.86. The van der Waals surface area contributed by atoms with Crippen LogP contribution in [-0.4, -0.2) is 45.5 Å². The Morgan fingerprint density at radius 1 is 1.23 bits per heavy atom. The first kappa shape index (κ1) is 25.2. The van der Waals surface area contributed by atoms with Gasteiger partial charge in [-0.3, -0.25) is 9.98 Å². The lowest BCUT2D eigenvalue weighted by Crippen LogP contribution is -2.23. The summed E-state index contributed by atoms with van der Waals surface area (Å²) in [4.78, 5) is 9.15. The monoisotopic (exact) mass is 429 g/mol. The largest absolute Gasteiger partial charge is 0.496 e. The van der Waals surface area contributed by atoms with E-state index in [2.05, 4.69) is 42.5 Å². The van der Waals surface area contributed by atoms with E-state index in [1.165, 1.54) is 36.8 Å². The Kier molecular flexibility index (Phi) is 10.9. The van der Waals surface area contributed by atoms with Gasteiger partial charge in [-0.15, -0.1) is 0 Å². The number of aliphatic imine (C=N–C) groups is 2. The molecule has 2 rings (SSSR count). The normalized spacial score (nSPS) is 20.0. The molecule has 6 nitrogen and oxygen atoms in total. The number of rotatable bonds is 12. The first-order valence-electron chi connectivity index (χ1n) is 11.9. The Labute approximate surface area is 188 Å². The number of guanidine groups is 1. The van der Waals surface area contributed by atoms with Crippen molar-refractivity contribution in [3.63, 3.8) is 0 Å². The minimum atomic E-state index is 0.169. The molecule has 174 valence electrons. The van der Waals surface area contributed by atoms with Gasteiger partial charge in [-0.2, -0.15) is 0 Å². The predicted molar refractivity (Wildman–Crippen MR) is 133 cm³/mol. The highest BCUT2D eigenvalue weighted by Crippen LogP contribution is 2.33. The molecule has 1 aromatic rings. The van der Waals surface area contributed by atoms with E-state index in [1.54, 1.807) is 7.11 Å². The number of hydrogen-bond donors (Lipinski definition) is 3. The Balaban J connectivity index is 2.24. The van der Waals surface area contributed by atoms with Gasteiger partial charge in [0.2, 0.25) is 0 Å². The zero-order chi connectivity index (χ0) is 22.6. The van der Waals surface area contributed by atoms with E-state index in [1.807, 2.05) is 7.05 Å². The second-order valence-electron chi connectivity index (χ2n) is 8.96. The predicted octanol–water partition coefficient (Wildman–Crippen LogP) is 4.14. The van der Waals surface area contributed by atoms with Gasteiger partial charge in [0.05, 0.1) is 13.2 Å². The number of nitrogens with two attached hydrogens (primary N) is 2. The summed E-state index contributed by atoms with van der Waals surface area (Å²) in [7, 11) is 3.76. The number of nitrogens with zero attached hydrogens (tertiary/aromatic N) is 2. The topological polar surface area (TPSA) is 98.0 Å². The lowest BCUT2D eigenvalue weighted by Gasteiger charge is -2.25. The quantitative estimate of drug-likeness (QED) is 0.264. The highest BCUT2D eigenvalue weighted by molar-refractivity contribution is 5.85. The fraction of sp³-hybridized carbons (Fsp3) is 0.680. The van der Waals surface area contributed by atoms with Crippen molar-refractivity contribution in [3.05, 3.63) is 28.8 Å². The van der Waals surface area contributed by atoms with Crippen LogP contribution in [0.15, 0.2) is 22.1 Å². The standard InChI is InChI=1S/C25H43N5O/c1-18-9-5-6-12-23(18)30-17-22-16-21(15-19(2)24(22)31-4)20(10-7-13-28-3)11-8-14-29-25(26)27/h15-18,20,23,28H,5-14H2,1-4H3,(H4,26,27,29). The SMILES string of the molecule is CNCCCC(CCCN=C(N)N)c1cc(C)c(OC)c(C=NC2CCCCC2C)c1. The van der Waals surface area contributed by atoms with E-state index < -0.39 is 0 Å². The zero-order valence-corrected chi connectivity index (χ0v) is 20.0. The molecule has 0 bridgehead atoms. The van der Waals surface area contributed by atoms with Gasteiger partial charge in [-0.05, 0) is 88.1 Å². The number of benzene rings is 1. The highest BCUT2D eigenvalue weighted by Gasteiger charge is 2.20. The van der Waals surface area contributed by atoms with Crippen molar-refractivity contribution in [2.45, 2.75) is 77.2 Å². The first-order valence-corrected chi connectivity index (χ1v) is 11.9. The molecular formula is C25H43N5O. The first-order chi connectivity index (χ1) is 15.0. The van der Waals surface area contributed by atoms with E-state index in [-0.39, 0.29) is 5.96 Å². The molecule has 0 amide bonds. The molecule has 1 aliphatic rings. The Bertz CT molecular complexity index is 727. The number of hydrogen-bond acceptors (Lipinski definition) is 4. The van der Waals surface area contributed by atoms with Crippen molar-refractivity contribution < 1.29 is 4.74 Å². The Morgan fingerprint density at radius 2 is 1.97 bits per heavy atom. The van der Waals surface area contributed by atoms with E-state index in [0.717, 1.165) is 43.5 Å². The van der Waals surface area contributed by atoms with Crippen molar-refractivity contribution in [2.75, 3.05) is 27.2 Å². The van der Waals surface area contributed by atoms with Gasteiger partial charge in [0.1, 0.15) is 5.75 Å². The van der Waals surface area contributed by atoms with Crippen LogP contribution in [0.25, 0.3) is 0 Å². The third kappa shape index (κ3) is 8.17. The summed E-state index contributed by atoms with van der Waals surface area (Å²) in [6, 6.07) is 4.99. The number of ether oxygens (including phenoxy) is 1. The zero-order valence-electron chi connectivity index (χ0n) is 20.0. The third-order valence-electron chi connectivity index (χ3n) is 6.46. The average Bonchev–Trinajstić information content (AvgIpc) is 2.74. The van der Waals surface area contributed by atoms with Crippen molar-refractivity contribution in [3.8, 4) is 5.75 Å². The second-order valence-corrected chi connectivity index (χ2v) is 8.96. The molecule has 0 spiro atoms. The van der Waals surface area contributed by atoms with Gasteiger partial charge in [0, 0.05) is 18.3 Å². The van der Waals surface area contributed by atoms with Crippen molar-refractivity contribution in [1.29, 1.82) is 0 Å². The average molecular weight is 430 g/mol. The maximum atomic E-state index is 5.75. The van der Waals surface area contributed by atoms with Crippen LogP contribution in [-0.2, 0) is 0 Å². The number of nitrogens with one attached hydrogen (secondary N) is 1. The van der Waals surface area contributed by atoms with Crippen LogP contribution in [0.5, 0.6) is 5.75 Å². The summed E-state index contributed by atoms with van der Waals surface area (Å²) in [5.41, 5.74) is 14.6. The fourth-order valence-electron chi connectivity index (χ4n) is 4.68. The number of aryl methyl sites for hydroxylation is 1. The van der Waals surface area contributed by atoms with E-state index in [9.17, 15) is 0 Å². The van der Waals surface area contributed by atoms with E-state index in [4.69, 9.17) is 21.2 Å². The van der Waals surface area contributed by atoms with Gasteiger partial charge in [-0.1, -0.05) is 25.8 Å². The summed E-state index contributed by atoms with van der Waals surface area (Å²) in [5.74, 6) is 2.23. The molecule has 3 unspecified atom stereocenters. The smallest absolute Gasteiger partial charge is 0.185 e. The van der Waals surface area contributed by atoms with Gasteiger partial charge < -0.3 is 21.5 Å². The third-order valence-corrected chi connectivity index (χ3v) is 6.46. The van der Waals surface area contributed by atoms with Crippen molar-refractivity contribution in [2.24, 2.45) is 27.4 Å². The van der Waals surface area contributed by atoms with E-state index >= 15 is 0 Å². The van der Waals surface area contributed by atoms with Crippen LogP contribution in [0.2, 0.25) is 0 Å². The van der Waals surface area contributed by atoms with Crippen LogP contribution < -0.4 is 21.5 Å². The van der Waals surface area contributed by atoms with Gasteiger partial charge in [-0.25, -0.2) is 0 Å². The van der Waals surface area contributed by atoms with Crippen LogP contribution in [0.4, 0.5) is 0 Å². The summed E-state index contributed by atoms with van der Waals surface area (Å²) < 4.78 is 5.75. The van der Waals surface area contributed by atoms with Crippen LogP contribution >= 0.6 is 0 Å². The van der Waals surface area contributed by atoms with Gasteiger partial charge in [0.15, 0.2) is 5.96 Å². The lowest BCUT2D eigenvalue weighted by molar-refractivity contribution is 0.333. The molecule has 0 heterocycles. The maximum Gasteiger partial charge on any atom is 0.185 e. The van der Waals surface area contributed by atoms with Crippen molar-refractivity contribution >= 4 is 12.2 Å². The molecule has 3 atom stereocenters. The highest BCUT2D eigenvalue weighted by atomic mass is 16.5. The molecule has 31 heavy (non-hydrogen) atoms. The van der Waals surface area contributed by atoms with E-state index in [0.29, 0.717) is 24.4 Å². The molecule has 6 heteroatoms. The van der Waals surface area contributed by atoms with Gasteiger partial charge in [0.25, 0.3) is 0 Å². The summed E-state index contributed by atoms with van der Waals surface area (Å²) in [6.07, 6.45) is 11.4. The molecule has 1 fully saturated rings. The molecule has 0 aromatic heterocycles. The molecule has 1 saturated carbocycles. The van der Waals surface area contributed by atoms with Crippen molar-refractivity contribution in [1.82, 2.24) is 5.32 Å². The Hall–Kier alpha value is -2.08. The van der Waals surface area contributed by atoms with Crippen LogP contribution in [0, 0.1) is 12.8 Å². The van der Waals surface area contributed by atoms with Crippen LogP contribution in [0.3, 0.4) is 0 Å².